The Morgan fingerprint density at radius 1 is 0.718 bits per heavy atom. The molecule has 0 heterocycles. The van der Waals surface area contributed by atoms with Gasteiger partial charge in [0.15, 0.2) is 0 Å². The summed E-state index contributed by atoms with van der Waals surface area (Å²) in [6.07, 6.45) is 3.89. The van der Waals surface area contributed by atoms with E-state index in [0.29, 0.717) is 30.9 Å². The zero-order valence-corrected chi connectivity index (χ0v) is 22.1. The molecule has 200 valence electrons. The molecule has 0 bridgehead atoms. The lowest BCUT2D eigenvalue weighted by atomic mass is 9.97. The third kappa shape index (κ3) is 7.87. The van der Waals surface area contributed by atoms with E-state index in [1.807, 2.05) is 48.5 Å². The van der Waals surface area contributed by atoms with E-state index in [9.17, 15) is 8.78 Å². The smallest absolute Gasteiger partial charge is 0.123 e. The monoisotopic (exact) mass is 524 g/mol. The second-order valence-electron chi connectivity index (χ2n) is 9.40. The molecule has 39 heavy (non-hydrogen) atoms. The van der Waals surface area contributed by atoms with Crippen LogP contribution in [-0.2, 0) is 0 Å². The van der Waals surface area contributed by atoms with Crippen LogP contribution < -0.4 is 11.6 Å². The van der Waals surface area contributed by atoms with Gasteiger partial charge in [0.1, 0.15) is 11.6 Å². The lowest BCUT2D eigenvalue weighted by molar-refractivity contribution is 0.207. The summed E-state index contributed by atoms with van der Waals surface area (Å²) in [6.45, 7) is 3.86. The molecule has 0 saturated carbocycles. The molecule has 4 aromatic rings. The minimum Gasteiger partial charge on any atom is -0.397 e. The molecule has 0 aromatic heterocycles. The van der Waals surface area contributed by atoms with Gasteiger partial charge in [-0.25, -0.2) is 14.6 Å². The maximum atomic E-state index is 13.6. The predicted molar refractivity (Wildman–Crippen MR) is 156 cm³/mol. The summed E-state index contributed by atoms with van der Waals surface area (Å²) in [5.41, 5.74) is 11.8. The van der Waals surface area contributed by atoms with E-state index in [1.54, 1.807) is 23.3 Å². The minimum atomic E-state index is -0.319. The molecule has 0 aliphatic rings. The van der Waals surface area contributed by atoms with Crippen LogP contribution in [0, 0.1) is 11.6 Å². The van der Waals surface area contributed by atoms with Crippen LogP contribution in [0.1, 0.15) is 35.2 Å². The number of rotatable bonds is 11. The van der Waals surface area contributed by atoms with Gasteiger partial charge in [-0.15, -0.1) is 0 Å². The van der Waals surface area contributed by atoms with Crippen molar-refractivity contribution in [2.75, 3.05) is 19.6 Å². The highest BCUT2D eigenvalue weighted by Crippen LogP contribution is 2.25. The number of hydrazine groups is 1. The second-order valence-corrected chi connectivity index (χ2v) is 9.40. The molecule has 0 fully saturated rings. The van der Waals surface area contributed by atoms with Gasteiger partial charge in [-0.3, -0.25) is 4.90 Å². The summed E-state index contributed by atoms with van der Waals surface area (Å²) in [4.78, 5) is 2.29. The Balaban J connectivity index is 1.57. The van der Waals surface area contributed by atoms with Gasteiger partial charge < -0.3 is 10.7 Å². The van der Waals surface area contributed by atoms with Crippen LogP contribution in [-0.4, -0.2) is 29.5 Å². The fourth-order valence-electron chi connectivity index (χ4n) is 4.45. The molecule has 4 aromatic carbocycles. The number of nitrogens with zero attached hydrogens (tertiary/aromatic N) is 2. The van der Waals surface area contributed by atoms with Gasteiger partial charge in [-0.2, -0.15) is 0 Å². The van der Waals surface area contributed by atoms with Crippen molar-refractivity contribution in [2.24, 2.45) is 11.6 Å². The third-order valence-electron chi connectivity index (χ3n) is 6.73. The van der Waals surface area contributed by atoms with Crippen molar-refractivity contribution >= 4 is 11.3 Å². The summed E-state index contributed by atoms with van der Waals surface area (Å²) in [5, 5.41) is 1.54. The first-order valence-electron chi connectivity index (χ1n) is 13.0. The maximum absolute atomic E-state index is 13.6. The van der Waals surface area contributed by atoms with Gasteiger partial charge in [0, 0.05) is 31.9 Å². The van der Waals surface area contributed by atoms with Crippen LogP contribution in [0.3, 0.4) is 0 Å². The highest BCUT2D eigenvalue weighted by molar-refractivity contribution is 5.79. The lowest BCUT2D eigenvalue weighted by Crippen LogP contribution is -2.38. The summed E-state index contributed by atoms with van der Waals surface area (Å²) < 4.78 is 26.9. The van der Waals surface area contributed by atoms with E-state index in [0.717, 1.165) is 22.3 Å². The zero-order valence-electron chi connectivity index (χ0n) is 22.1. The third-order valence-corrected chi connectivity index (χ3v) is 6.73. The minimum absolute atomic E-state index is 0.00136. The van der Waals surface area contributed by atoms with E-state index in [4.69, 9.17) is 11.6 Å². The normalized spacial score (nSPS) is 12.3. The molecule has 4 N–H and O–H groups in total. The Labute approximate surface area is 229 Å². The zero-order chi connectivity index (χ0) is 27.6. The molecule has 1 unspecified atom stereocenters. The van der Waals surface area contributed by atoms with Crippen LogP contribution in [0.25, 0.3) is 11.3 Å². The summed E-state index contributed by atoms with van der Waals surface area (Å²) in [6, 6.07) is 33.2. The van der Waals surface area contributed by atoms with E-state index in [-0.39, 0.29) is 17.7 Å². The molecule has 4 nitrogen and oxygen atoms in total. The first-order valence-corrected chi connectivity index (χ1v) is 13.0. The highest BCUT2D eigenvalue weighted by atomic mass is 19.1. The molecular weight excluding hydrogens is 490 g/mol. The maximum Gasteiger partial charge on any atom is 0.123 e. The van der Waals surface area contributed by atoms with Crippen LogP contribution in [0.4, 0.5) is 8.78 Å². The Bertz CT molecular complexity index is 1330. The number of hydrogen-bond donors (Lipinski definition) is 2. The lowest BCUT2D eigenvalue weighted by Gasteiger charge is -2.30. The topological polar surface area (TPSA) is 58.5 Å². The van der Waals surface area contributed by atoms with Crippen LogP contribution in [0.5, 0.6) is 0 Å². The van der Waals surface area contributed by atoms with Crippen molar-refractivity contribution in [3.05, 3.63) is 155 Å². The SMILES string of the molecule is CC(c1ccc(F)cc1)N(CC=C(c1ccccc1)c1ccccc1)CCN(N)/C=C(\N)c1ccc(F)cc1. The Morgan fingerprint density at radius 2 is 1.23 bits per heavy atom. The van der Waals surface area contributed by atoms with Gasteiger partial charge in [0.2, 0.25) is 0 Å². The molecule has 0 radical (unpaired) electrons. The van der Waals surface area contributed by atoms with Crippen LogP contribution >= 0.6 is 0 Å². The van der Waals surface area contributed by atoms with Crippen molar-refractivity contribution in [1.82, 2.24) is 9.91 Å². The average molecular weight is 525 g/mol. The van der Waals surface area contributed by atoms with Crippen molar-refractivity contribution in [1.29, 1.82) is 0 Å². The summed E-state index contributed by atoms with van der Waals surface area (Å²) in [7, 11) is 0. The van der Waals surface area contributed by atoms with Crippen LogP contribution in [0.2, 0.25) is 0 Å². The van der Waals surface area contributed by atoms with Gasteiger partial charge in [0.25, 0.3) is 0 Å². The first-order chi connectivity index (χ1) is 18.9. The molecular formula is C33H34F2N4. The van der Waals surface area contributed by atoms with E-state index < -0.39 is 0 Å². The molecule has 1 atom stereocenters. The van der Waals surface area contributed by atoms with Gasteiger partial charge in [0.05, 0.1) is 5.70 Å². The summed E-state index contributed by atoms with van der Waals surface area (Å²) >= 11 is 0. The van der Waals surface area contributed by atoms with Gasteiger partial charge in [-0.05, 0) is 71.1 Å². The van der Waals surface area contributed by atoms with Crippen LogP contribution in [0.15, 0.2) is 121 Å². The Hall–Kier alpha value is -4.26. The highest BCUT2D eigenvalue weighted by Gasteiger charge is 2.17. The molecule has 4 rings (SSSR count). The molecule has 0 saturated heterocycles. The number of halogens is 2. The van der Waals surface area contributed by atoms with Crippen molar-refractivity contribution < 1.29 is 8.78 Å². The fraction of sp³-hybridized carbons (Fsp3) is 0.152. The molecule has 0 amide bonds. The van der Waals surface area contributed by atoms with E-state index in [2.05, 4.69) is 42.2 Å². The number of benzene rings is 4. The number of hydrogen-bond acceptors (Lipinski definition) is 4. The standard InChI is InChI=1S/C33H34F2N4/c1-25(26-12-16-30(34)17-13-26)38(22-23-39(37)24-33(36)29-14-18-31(35)19-15-29)21-20-32(27-8-4-2-5-9-27)28-10-6-3-7-11-28/h2-20,24-25H,21-23,36-37H2,1H3/b33-24-. The summed E-state index contributed by atoms with van der Waals surface area (Å²) in [5.74, 6) is 5.72. The quantitative estimate of drug-likeness (QED) is 0.172. The molecule has 0 aliphatic heterocycles. The second kappa shape index (κ2) is 13.5. The molecule has 6 heteroatoms. The van der Waals surface area contributed by atoms with Crippen molar-refractivity contribution in [2.45, 2.75) is 13.0 Å². The number of nitrogens with two attached hydrogens (primary N) is 2. The Morgan fingerprint density at radius 3 is 1.77 bits per heavy atom. The molecule has 0 aliphatic carbocycles. The van der Waals surface area contributed by atoms with E-state index >= 15 is 0 Å². The largest absolute Gasteiger partial charge is 0.397 e. The fourth-order valence-corrected chi connectivity index (χ4v) is 4.45. The predicted octanol–water partition coefficient (Wildman–Crippen LogP) is 6.59. The van der Waals surface area contributed by atoms with Gasteiger partial charge in [-0.1, -0.05) is 78.9 Å². The Kier molecular flexibility index (Phi) is 9.62. The van der Waals surface area contributed by atoms with Crippen molar-refractivity contribution in [3.8, 4) is 0 Å². The average Bonchev–Trinajstić information content (AvgIpc) is 2.96. The van der Waals surface area contributed by atoms with E-state index in [1.165, 1.54) is 24.3 Å². The van der Waals surface area contributed by atoms with Gasteiger partial charge >= 0.3 is 0 Å². The van der Waals surface area contributed by atoms with Crippen molar-refractivity contribution in [3.63, 3.8) is 0 Å². The molecule has 0 spiro atoms. The first kappa shape index (κ1) is 27.8.